The van der Waals surface area contributed by atoms with Gasteiger partial charge in [-0.15, -0.1) is 0 Å². The van der Waals surface area contributed by atoms with Gasteiger partial charge in [-0.1, -0.05) is 42.5 Å². The maximum Gasteiger partial charge on any atom is 0.322 e. The number of nitrogens with zero attached hydrogens (tertiary/aromatic N) is 4. The summed E-state index contributed by atoms with van der Waals surface area (Å²) in [5, 5.41) is 24.5. The highest BCUT2D eigenvalue weighted by molar-refractivity contribution is 5.93. The second-order valence-corrected chi connectivity index (χ2v) is 10.8. The van der Waals surface area contributed by atoms with E-state index in [9.17, 15) is 4.79 Å². The zero-order valence-corrected chi connectivity index (χ0v) is 25.1. The third kappa shape index (κ3) is 9.01. The van der Waals surface area contributed by atoms with Crippen LogP contribution in [0.4, 0.5) is 16.3 Å². The number of anilines is 2. The van der Waals surface area contributed by atoms with E-state index < -0.39 is 0 Å². The van der Waals surface area contributed by atoms with Gasteiger partial charge in [-0.2, -0.15) is 5.26 Å². The SMILES string of the molecule is N#Cc1ccc(N[C@H]2CC[C@H](N(C(=O)NCc3ccccc3)c3ccc(-c4ccnc(OCCOCCO)c4)cc3)CC2)nc1. The average Bonchev–Trinajstić information content (AvgIpc) is 3.09. The number of aliphatic hydroxyl groups excluding tert-OH is 1. The Labute approximate surface area is 263 Å². The van der Waals surface area contributed by atoms with E-state index in [2.05, 4.69) is 26.7 Å². The quantitative estimate of drug-likeness (QED) is 0.169. The van der Waals surface area contributed by atoms with Gasteiger partial charge in [0.1, 0.15) is 18.5 Å². The number of aromatic nitrogens is 2. The Balaban J connectivity index is 1.27. The van der Waals surface area contributed by atoms with E-state index in [4.69, 9.17) is 19.8 Å². The summed E-state index contributed by atoms with van der Waals surface area (Å²) in [7, 11) is 0. The Hall–Kier alpha value is -4.98. The molecule has 45 heavy (non-hydrogen) atoms. The molecule has 0 radical (unpaired) electrons. The van der Waals surface area contributed by atoms with Gasteiger partial charge in [0.15, 0.2) is 0 Å². The largest absolute Gasteiger partial charge is 0.475 e. The van der Waals surface area contributed by atoms with Gasteiger partial charge < -0.3 is 25.2 Å². The Morgan fingerprint density at radius 3 is 2.44 bits per heavy atom. The Morgan fingerprint density at radius 1 is 0.933 bits per heavy atom. The second kappa shape index (κ2) is 16.2. The van der Waals surface area contributed by atoms with E-state index in [0.717, 1.165) is 53.9 Å². The van der Waals surface area contributed by atoms with Crippen molar-refractivity contribution in [3.05, 3.63) is 102 Å². The van der Waals surface area contributed by atoms with Gasteiger partial charge in [-0.25, -0.2) is 14.8 Å². The van der Waals surface area contributed by atoms with E-state index in [0.29, 0.717) is 31.2 Å². The molecule has 2 aromatic carbocycles. The molecule has 1 saturated carbocycles. The minimum Gasteiger partial charge on any atom is -0.475 e. The number of carbonyl (C=O) groups excluding carboxylic acids is 1. The summed E-state index contributed by atoms with van der Waals surface area (Å²) >= 11 is 0. The van der Waals surface area contributed by atoms with Crippen LogP contribution < -0.4 is 20.3 Å². The molecule has 3 N–H and O–H groups in total. The van der Waals surface area contributed by atoms with Crippen molar-refractivity contribution >= 4 is 17.5 Å². The van der Waals surface area contributed by atoms with Crippen molar-refractivity contribution in [2.24, 2.45) is 0 Å². The maximum absolute atomic E-state index is 13.7. The molecule has 4 aromatic rings. The third-order valence-electron chi connectivity index (χ3n) is 7.74. The van der Waals surface area contributed by atoms with E-state index in [1.54, 1.807) is 18.5 Å². The Bertz CT molecular complexity index is 1540. The number of aliphatic hydroxyl groups is 1. The van der Waals surface area contributed by atoms with Crippen molar-refractivity contribution < 1.29 is 19.4 Å². The summed E-state index contributed by atoms with van der Waals surface area (Å²) in [4.78, 5) is 24.3. The molecule has 232 valence electrons. The number of hydrogen-bond acceptors (Lipinski definition) is 8. The molecule has 5 rings (SSSR count). The molecule has 1 aliphatic carbocycles. The van der Waals surface area contributed by atoms with Crippen LogP contribution in [0.3, 0.4) is 0 Å². The number of benzene rings is 2. The number of nitrogens with one attached hydrogen (secondary N) is 2. The first-order valence-corrected chi connectivity index (χ1v) is 15.2. The molecule has 0 bridgehead atoms. The minimum absolute atomic E-state index is 0.0219. The number of pyridine rings is 2. The number of carbonyl (C=O) groups is 1. The standard InChI is InChI=1S/C35H38N6O4/c36-23-27-6-15-33(38-25-27)40-30-9-13-32(14-10-30)41(35(43)39-24-26-4-2-1-3-5-26)31-11-7-28(8-12-31)29-16-17-37-34(22-29)45-21-20-44-19-18-42/h1-8,11-12,15-17,22,25,30,32,42H,9-10,13-14,18-21,24H2,(H,38,40)(H,39,43)/t30-,32-. The first-order chi connectivity index (χ1) is 22.1. The fourth-order valence-electron chi connectivity index (χ4n) is 5.44. The lowest BCUT2D eigenvalue weighted by Gasteiger charge is -2.37. The molecule has 0 atom stereocenters. The van der Waals surface area contributed by atoms with Crippen LogP contribution in [0.15, 0.2) is 91.3 Å². The molecular weight excluding hydrogens is 568 g/mol. The molecule has 2 heterocycles. The normalized spacial score (nSPS) is 15.9. The summed E-state index contributed by atoms with van der Waals surface area (Å²) in [5.74, 6) is 1.25. The fraction of sp³-hybridized carbons (Fsp3) is 0.314. The van der Waals surface area contributed by atoms with Gasteiger partial charge >= 0.3 is 6.03 Å². The van der Waals surface area contributed by atoms with Crippen LogP contribution in [0.2, 0.25) is 0 Å². The van der Waals surface area contributed by atoms with Crippen LogP contribution in [-0.2, 0) is 11.3 Å². The summed E-state index contributed by atoms with van der Waals surface area (Å²) in [6.45, 7) is 1.41. The Morgan fingerprint density at radius 2 is 1.73 bits per heavy atom. The van der Waals surface area contributed by atoms with Crippen molar-refractivity contribution in [1.29, 1.82) is 5.26 Å². The number of nitriles is 1. The lowest BCUT2D eigenvalue weighted by Crippen LogP contribution is -2.48. The summed E-state index contributed by atoms with van der Waals surface area (Å²) in [6.07, 6.45) is 6.72. The maximum atomic E-state index is 13.7. The van der Waals surface area contributed by atoms with Crippen molar-refractivity contribution in [3.63, 3.8) is 0 Å². The van der Waals surface area contributed by atoms with Crippen LogP contribution in [0.5, 0.6) is 5.88 Å². The number of urea groups is 1. The molecule has 10 heteroatoms. The smallest absolute Gasteiger partial charge is 0.322 e. The summed E-state index contributed by atoms with van der Waals surface area (Å²) < 4.78 is 11.0. The van der Waals surface area contributed by atoms with Gasteiger partial charge in [0, 0.05) is 42.8 Å². The lowest BCUT2D eigenvalue weighted by atomic mass is 9.89. The monoisotopic (exact) mass is 606 g/mol. The highest BCUT2D eigenvalue weighted by Crippen LogP contribution is 2.31. The van der Waals surface area contributed by atoms with Crippen LogP contribution in [0.25, 0.3) is 11.1 Å². The number of rotatable bonds is 13. The third-order valence-corrected chi connectivity index (χ3v) is 7.74. The number of ether oxygens (including phenoxy) is 2. The van der Waals surface area contributed by atoms with Crippen molar-refractivity contribution in [3.8, 4) is 23.1 Å². The van der Waals surface area contributed by atoms with Crippen LogP contribution in [-0.4, -0.2) is 59.6 Å². The zero-order chi connectivity index (χ0) is 31.3. The van der Waals surface area contributed by atoms with Crippen molar-refractivity contribution in [2.45, 2.75) is 44.3 Å². The predicted octanol–water partition coefficient (Wildman–Crippen LogP) is 5.54. The summed E-state index contributed by atoms with van der Waals surface area (Å²) in [6, 6.07) is 27.6. The van der Waals surface area contributed by atoms with E-state index in [1.807, 2.05) is 77.7 Å². The van der Waals surface area contributed by atoms with Crippen LogP contribution in [0.1, 0.15) is 36.8 Å². The van der Waals surface area contributed by atoms with E-state index in [-0.39, 0.29) is 31.3 Å². The van der Waals surface area contributed by atoms with Crippen LogP contribution >= 0.6 is 0 Å². The highest BCUT2D eigenvalue weighted by atomic mass is 16.5. The molecule has 10 nitrogen and oxygen atoms in total. The highest BCUT2D eigenvalue weighted by Gasteiger charge is 2.30. The van der Waals surface area contributed by atoms with Gasteiger partial charge in [-0.3, -0.25) is 4.90 Å². The van der Waals surface area contributed by atoms with Gasteiger partial charge in [0.2, 0.25) is 5.88 Å². The molecule has 0 saturated heterocycles. The lowest BCUT2D eigenvalue weighted by molar-refractivity contribution is 0.0695. The fourth-order valence-corrected chi connectivity index (χ4v) is 5.44. The number of hydrogen-bond donors (Lipinski definition) is 3. The minimum atomic E-state index is -0.125. The molecule has 2 amide bonds. The van der Waals surface area contributed by atoms with Gasteiger partial charge in [-0.05, 0) is 72.7 Å². The molecule has 0 spiro atoms. The van der Waals surface area contributed by atoms with Crippen molar-refractivity contribution in [1.82, 2.24) is 15.3 Å². The molecule has 0 unspecified atom stereocenters. The molecule has 2 aromatic heterocycles. The van der Waals surface area contributed by atoms with Gasteiger partial charge in [0.25, 0.3) is 0 Å². The predicted molar refractivity (Wildman–Crippen MR) is 173 cm³/mol. The molecular formula is C35H38N6O4. The first kappa shape index (κ1) is 31.4. The molecule has 0 aliphatic heterocycles. The average molecular weight is 607 g/mol. The summed E-state index contributed by atoms with van der Waals surface area (Å²) in [5.41, 5.74) is 4.34. The Kier molecular flexibility index (Phi) is 11.3. The van der Waals surface area contributed by atoms with Crippen molar-refractivity contribution in [2.75, 3.05) is 36.6 Å². The molecule has 1 fully saturated rings. The van der Waals surface area contributed by atoms with Crippen LogP contribution in [0, 0.1) is 11.3 Å². The first-order valence-electron chi connectivity index (χ1n) is 15.2. The second-order valence-electron chi connectivity index (χ2n) is 10.8. The molecule has 1 aliphatic rings. The number of amides is 2. The van der Waals surface area contributed by atoms with E-state index >= 15 is 0 Å². The topological polar surface area (TPSA) is 133 Å². The zero-order valence-electron chi connectivity index (χ0n) is 25.1. The van der Waals surface area contributed by atoms with Gasteiger partial charge in [0.05, 0.1) is 25.4 Å². The van der Waals surface area contributed by atoms with E-state index in [1.165, 1.54) is 0 Å².